The van der Waals surface area contributed by atoms with Crippen molar-refractivity contribution >= 4 is 17.6 Å². The second-order valence-electron chi connectivity index (χ2n) is 4.89. The fraction of sp³-hybridized carbons (Fsp3) is 0.429. The molecule has 0 unspecified atom stereocenters. The van der Waals surface area contributed by atoms with Crippen LogP contribution in [0.1, 0.15) is 29.6 Å². The highest BCUT2D eigenvalue weighted by molar-refractivity contribution is 5.88. The van der Waals surface area contributed by atoms with Crippen LogP contribution in [0.15, 0.2) is 12.1 Å². The van der Waals surface area contributed by atoms with E-state index < -0.39 is 23.2 Å². The van der Waals surface area contributed by atoms with Gasteiger partial charge in [0.05, 0.1) is 17.8 Å². The van der Waals surface area contributed by atoms with Gasteiger partial charge in [-0.1, -0.05) is 0 Å². The van der Waals surface area contributed by atoms with Gasteiger partial charge in [0.2, 0.25) is 5.91 Å². The zero-order valence-corrected chi connectivity index (χ0v) is 11.4. The topological polar surface area (TPSA) is 69.6 Å². The predicted octanol–water partition coefficient (Wildman–Crippen LogP) is 2.09. The van der Waals surface area contributed by atoms with Crippen LogP contribution < -0.4 is 5.32 Å². The summed E-state index contributed by atoms with van der Waals surface area (Å²) in [6, 6.07) is 2.08. The number of anilines is 1. The molecular weight excluding hydrogens is 282 g/mol. The highest BCUT2D eigenvalue weighted by Crippen LogP contribution is 2.20. The molecule has 1 aromatic carbocycles. The Labute approximate surface area is 120 Å². The molecular formula is C14H16F2N2O3. The molecule has 7 heteroatoms. The molecule has 1 heterocycles. The number of carbonyl (C=O) groups excluding carboxylic acids is 1. The van der Waals surface area contributed by atoms with Gasteiger partial charge in [0, 0.05) is 13.1 Å². The highest BCUT2D eigenvalue weighted by atomic mass is 19.2. The first-order valence-electron chi connectivity index (χ1n) is 6.73. The minimum absolute atomic E-state index is 0.150. The van der Waals surface area contributed by atoms with Crippen LogP contribution in [0.3, 0.4) is 0 Å². The highest BCUT2D eigenvalue weighted by Gasteiger charge is 2.20. The zero-order chi connectivity index (χ0) is 15.4. The first kappa shape index (κ1) is 15.2. The first-order chi connectivity index (χ1) is 10.0. The van der Waals surface area contributed by atoms with Gasteiger partial charge in [0.25, 0.3) is 0 Å². The van der Waals surface area contributed by atoms with E-state index in [1.54, 1.807) is 4.90 Å². The lowest BCUT2D eigenvalue weighted by atomic mass is 10.1. The second kappa shape index (κ2) is 6.51. The number of benzene rings is 1. The first-order valence-corrected chi connectivity index (χ1v) is 6.73. The van der Waals surface area contributed by atoms with Crippen molar-refractivity contribution in [3.05, 3.63) is 29.3 Å². The van der Waals surface area contributed by atoms with Crippen LogP contribution in [0.4, 0.5) is 14.5 Å². The standard InChI is InChI=1S/C14H16F2N2O3/c15-12-9(14(20)21)4-5-10(13(12)16)17-8-11(19)18-6-2-1-3-7-18/h4-5,17H,1-3,6-8H2,(H,20,21). The number of aromatic carboxylic acids is 1. The number of nitrogens with one attached hydrogen (secondary N) is 1. The SMILES string of the molecule is O=C(O)c1ccc(NCC(=O)N2CCCCC2)c(F)c1F. The van der Waals surface area contributed by atoms with Crippen molar-refractivity contribution < 1.29 is 23.5 Å². The number of nitrogens with zero attached hydrogens (tertiary/aromatic N) is 1. The van der Waals surface area contributed by atoms with Crippen molar-refractivity contribution in [1.29, 1.82) is 0 Å². The fourth-order valence-electron chi connectivity index (χ4n) is 2.28. The molecule has 21 heavy (non-hydrogen) atoms. The summed E-state index contributed by atoms with van der Waals surface area (Å²) in [5.74, 6) is -4.45. The predicted molar refractivity (Wildman–Crippen MR) is 72.2 cm³/mol. The van der Waals surface area contributed by atoms with Gasteiger partial charge >= 0.3 is 5.97 Å². The molecule has 5 nitrogen and oxygen atoms in total. The average Bonchev–Trinajstić information content (AvgIpc) is 2.49. The maximum absolute atomic E-state index is 13.7. The molecule has 0 radical (unpaired) electrons. The lowest BCUT2D eigenvalue weighted by Crippen LogP contribution is -2.39. The van der Waals surface area contributed by atoms with E-state index in [1.807, 2.05) is 0 Å². The molecule has 1 saturated heterocycles. The summed E-state index contributed by atoms with van der Waals surface area (Å²) < 4.78 is 27.2. The van der Waals surface area contributed by atoms with Gasteiger partial charge in [-0.05, 0) is 31.4 Å². The van der Waals surface area contributed by atoms with Gasteiger partial charge in [-0.15, -0.1) is 0 Å². The molecule has 2 rings (SSSR count). The molecule has 2 N–H and O–H groups in total. The van der Waals surface area contributed by atoms with Crippen molar-refractivity contribution in [2.24, 2.45) is 0 Å². The van der Waals surface area contributed by atoms with E-state index in [0.717, 1.165) is 31.4 Å². The number of rotatable bonds is 4. The van der Waals surface area contributed by atoms with E-state index >= 15 is 0 Å². The third-order valence-electron chi connectivity index (χ3n) is 3.45. The van der Waals surface area contributed by atoms with Crippen LogP contribution in [-0.4, -0.2) is 41.5 Å². The summed E-state index contributed by atoms with van der Waals surface area (Å²) in [7, 11) is 0. The largest absolute Gasteiger partial charge is 0.478 e. The van der Waals surface area contributed by atoms with Gasteiger partial charge in [0.15, 0.2) is 11.6 Å². The van der Waals surface area contributed by atoms with Gasteiger partial charge in [-0.3, -0.25) is 4.79 Å². The molecule has 0 spiro atoms. The lowest BCUT2D eigenvalue weighted by molar-refractivity contribution is -0.130. The van der Waals surface area contributed by atoms with E-state index in [1.165, 1.54) is 0 Å². The summed E-state index contributed by atoms with van der Waals surface area (Å²) in [5, 5.41) is 11.2. The third kappa shape index (κ3) is 3.48. The second-order valence-corrected chi connectivity index (χ2v) is 4.89. The Hall–Kier alpha value is -2.18. The summed E-state index contributed by atoms with van der Waals surface area (Å²) in [4.78, 5) is 24.2. The maximum atomic E-state index is 13.7. The van der Waals surface area contributed by atoms with Crippen LogP contribution in [0.5, 0.6) is 0 Å². The van der Waals surface area contributed by atoms with Crippen molar-refractivity contribution in [1.82, 2.24) is 4.90 Å². The summed E-state index contributed by atoms with van der Waals surface area (Å²) in [5.41, 5.74) is -0.955. The van der Waals surface area contributed by atoms with Crippen LogP contribution >= 0.6 is 0 Å². The smallest absolute Gasteiger partial charge is 0.338 e. The average molecular weight is 298 g/mol. The monoisotopic (exact) mass is 298 g/mol. The van der Waals surface area contributed by atoms with Gasteiger partial charge < -0.3 is 15.3 Å². The van der Waals surface area contributed by atoms with E-state index in [-0.39, 0.29) is 18.1 Å². The Bertz CT molecular complexity index is 557. The Balaban J connectivity index is 2.01. The Morgan fingerprint density at radius 3 is 2.43 bits per heavy atom. The number of hydrogen-bond acceptors (Lipinski definition) is 3. The molecule has 0 saturated carbocycles. The molecule has 1 aromatic rings. The number of amides is 1. The Kier molecular flexibility index (Phi) is 4.72. The quantitative estimate of drug-likeness (QED) is 0.893. The Morgan fingerprint density at radius 2 is 1.81 bits per heavy atom. The number of hydrogen-bond donors (Lipinski definition) is 2. The fourth-order valence-corrected chi connectivity index (χ4v) is 2.28. The van der Waals surface area contributed by atoms with Gasteiger partial charge in [0.1, 0.15) is 0 Å². The summed E-state index contributed by atoms with van der Waals surface area (Å²) in [6.45, 7) is 1.20. The number of likely N-dealkylation sites (tertiary alicyclic amines) is 1. The van der Waals surface area contributed by atoms with Crippen LogP contribution in [0, 0.1) is 11.6 Å². The van der Waals surface area contributed by atoms with Crippen LogP contribution in [-0.2, 0) is 4.79 Å². The molecule has 1 amide bonds. The van der Waals surface area contributed by atoms with Gasteiger partial charge in [-0.2, -0.15) is 0 Å². The number of carboxylic acids is 1. The van der Waals surface area contributed by atoms with Crippen molar-refractivity contribution in [3.8, 4) is 0 Å². The van der Waals surface area contributed by atoms with E-state index in [2.05, 4.69) is 5.32 Å². The van der Waals surface area contributed by atoms with E-state index in [0.29, 0.717) is 13.1 Å². The summed E-state index contributed by atoms with van der Waals surface area (Å²) >= 11 is 0. The lowest BCUT2D eigenvalue weighted by Gasteiger charge is -2.27. The minimum atomic E-state index is -1.54. The maximum Gasteiger partial charge on any atom is 0.338 e. The van der Waals surface area contributed by atoms with Crippen molar-refractivity contribution in [2.75, 3.05) is 25.0 Å². The number of carboxylic acid groups (broad SMARTS) is 1. The summed E-state index contributed by atoms with van der Waals surface area (Å²) in [6.07, 6.45) is 2.98. The number of piperidine rings is 1. The molecule has 1 aliphatic rings. The molecule has 0 bridgehead atoms. The zero-order valence-electron chi connectivity index (χ0n) is 11.4. The van der Waals surface area contributed by atoms with Crippen LogP contribution in [0.2, 0.25) is 0 Å². The van der Waals surface area contributed by atoms with Crippen molar-refractivity contribution in [3.63, 3.8) is 0 Å². The molecule has 1 aliphatic heterocycles. The number of halogens is 2. The number of carbonyl (C=O) groups is 2. The van der Waals surface area contributed by atoms with Crippen LogP contribution in [0.25, 0.3) is 0 Å². The molecule has 0 atom stereocenters. The van der Waals surface area contributed by atoms with E-state index in [9.17, 15) is 18.4 Å². The third-order valence-corrected chi connectivity index (χ3v) is 3.45. The van der Waals surface area contributed by atoms with E-state index in [4.69, 9.17) is 5.11 Å². The van der Waals surface area contributed by atoms with Gasteiger partial charge in [-0.25, -0.2) is 13.6 Å². The minimum Gasteiger partial charge on any atom is -0.478 e. The molecule has 1 fully saturated rings. The normalized spacial score (nSPS) is 14.9. The molecule has 114 valence electrons. The molecule has 0 aromatic heterocycles. The molecule has 0 aliphatic carbocycles. The van der Waals surface area contributed by atoms with Crippen molar-refractivity contribution in [2.45, 2.75) is 19.3 Å². The Morgan fingerprint density at radius 1 is 1.14 bits per heavy atom.